The second-order valence-electron chi connectivity index (χ2n) is 6.70. The molecule has 0 atom stereocenters. The van der Waals surface area contributed by atoms with Crippen molar-refractivity contribution in [1.82, 2.24) is 15.1 Å². The first-order valence-corrected chi connectivity index (χ1v) is 9.92. The summed E-state index contributed by atoms with van der Waals surface area (Å²) in [4.78, 5) is 24.8. The highest BCUT2D eigenvalue weighted by molar-refractivity contribution is 5.92. The lowest BCUT2D eigenvalue weighted by molar-refractivity contribution is -0.124. The van der Waals surface area contributed by atoms with E-state index in [1.54, 1.807) is 18.3 Å². The van der Waals surface area contributed by atoms with E-state index in [1.165, 1.54) is 33.1 Å². The number of rotatable bonds is 10. The molecular weight excluding hydrogens is 430 g/mol. The van der Waals surface area contributed by atoms with Gasteiger partial charge in [-0.1, -0.05) is 18.2 Å². The van der Waals surface area contributed by atoms with Crippen LogP contribution in [0.3, 0.4) is 0 Å². The van der Waals surface area contributed by atoms with Crippen LogP contribution >= 0.6 is 0 Å². The molecule has 10 heteroatoms. The highest BCUT2D eigenvalue weighted by Gasteiger charge is 2.21. The Balaban J connectivity index is 1.62. The smallest absolute Gasteiger partial charge is 0.363 e. The zero-order valence-corrected chi connectivity index (χ0v) is 18.8. The third-order valence-corrected chi connectivity index (χ3v) is 4.71. The molecule has 2 aromatic carbocycles. The summed E-state index contributed by atoms with van der Waals surface area (Å²) in [6.45, 7) is -0.359. The molecule has 0 fully saturated rings. The number of methoxy groups -OCH3 is 4. The van der Waals surface area contributed by atoms with Crippen molar-refractivity contribution in [2.45, 2.75) is 6.54 Å². The van der Waals surface area contributed by atoms with Gasteiger partial charge in [0.1, 0.15) is 5.75 Å². The van der Waals surface area contributed by atoms with E-state index >= 15 is 0 Å². The summed E-state index contributed by atoms with van der Waals surface area (Å²) in [6, 6.07) is 12.6. The molecular formula is C23H25N3O7. The monoisotopic (exact) mass is 455 g/mol. The number of esters is 1. The van der Waals surface area contributed by atoms with Gasteiger partial charge in [0.15, 0.2) is 23.9 Å². The van der Waals surface area contributed by atoms with E-state index in [-0.39, 0.29) is 18.0 Å². The van der Waals surface area contributed by atoms with Crippen molar-refractivity contribution in [3.63, 3.8) is 0 Å². The fraction of sp³-hybridized carbons (Fsp3) is 0.261. The van der Waals surface area contributed by atoms with Crippen molar-refractivity contribution in [2.24, 2.45) is 0 Å². The molecule has 10 nitrogen and oxygen atoms in total. The number of carbonyl (C=O) groups is 2. The number of hydrogen-bond donors (Lipinski definition) is 1. The molecule has 1 N–H and O–H groups in total. The molecule has 3 aromatic rings. The molecule has 0 radical (unpaired) electrons. The number of para-hydroxylation sites is 1. The second kappa shape index (κ2) is 10.9. The summed E-state index contributed by atoms with van der Waals surface area (Å²) in [5.41, 5.74) is 1.38. The summed E-state index contributed by atoms with van der Waals surface area (Å²) in [6.07, 6.45) is 1.56. The molecule has 1 heterocycles. The quantitative estimate of drug-likeness (QED) is 0.464. The van der Waals surface area contributed by atoms with E-state index in [1.807, 2.05) is 30.3 Å². The molecule has 3 rings (SSSR count). The zero-order valence-electron chi connectivity index (χ0n) is 18.8. The van der Waals surface area contributed by atoms with E-state index in [2.05, 4.69) is 10.4 Å². The van der Waals surface area contributed by atoms with Gasteiger partial charge in [-0.15, -0.1) is 0 Å². The van der Waals surface area contributed by atoms with E-state index < -0.39 is 18.5 Å². The Labute approximate surface area is 191 Å². The summed E-state index contributed by atoms with van der Waals surface area (Å²) < 4.78 is 27.7. The molecule has 33 heavy (non-hydrogen) atoms. The van der Waals surface area contributed by atoms with Crippen molar-refractivity contribution in [2.75, 3.05) is 35.0 Å². The number of hydrogen-bond acceptors (Lipinski definition) is 8. The number of nitrogens with one attached hydrogen (secondary N) is 1. The van der Waals surface area contributed by atoms with Gasteiger partial charge in [0.25, 0.3) is 5.91 Å². The van der Waals surface area contributed by atoms with Crippen molar-refractivity contribution in [3.05, 3.63) is 59.9 Å². The van der Waals surface area contributed by atoms with E-state index in [0.29, 0.717) is 22.8 Å². The topological polar surface area (TPSA) is 110 Å². The molecule has 0 aliphatic carbocycles. The van der Waals surface area contributed by atoms with Gasteiger partial charge < -0.3 is 29.0 Å². The molecule has 174 valence electrons. The van der Waals surface area contributed by atoms with Crippen molar-refractivity contribution < 1.29 is 33.3 Å². The van der Waals surface area contributed by atoms with Crippen LogP contribution in [0.1, 0.15) is 16.1 Å². The number of amides is 1. The van der Waals surface area contributed by atoms with Crippen LogP contribution < -0.4 is 24.3 Å². The summed E-state index contributed by atoms with van der Waals surface area (Å²) in [5, 5.41) is 6.90. The minimum absolute atomic E-state index is 0.0317. The number of ether oxygens (including phenoxy) is 5. The van der Waals surface area contributed by atoms with Crippen LogP contribution in [0.5, 0.6) is 23.0 Å². The maximum Gasteiger partial charge on any atom is 0.363 e. The molecule has 0 bridgehead atoms. The number of nitrogens with zero attached hydrogens (tertiary/aromatic N) is 2. The first-order valence-electron chi connectivity index (χ1n) is 9.92. The molecule has 0 aliphatic heterocycles. The molecule has 0 unspecified atom stereocenters. The van der Waals surface area contributed by atoms with Gasteiger partial charge in [-0.2, -0.15) is 5.10 Å². The highest BCUT2D eigenvalue weighted by atomic mass is 16.5. The van der Waals surface area contributed by atoms with Crippen LogP contribution in [-0.4, -0.2) is 56.7 Å². The molecule has 1 aromatic heterocycles. The van der Waals surface area contributed by atoms with Crippen molar-refractivity contribution >= 4 is 11.9 Å². The first-order chi connectivity index (χ1) is 16.0. The number of benzene rings is 2. The van der Waals surface area contributed by atoms with Crippen LogP contribution in [0.4, 0.5) is 0 Å². The Morgan fingerprint density at radius 2 is 1.52 bits per heavy atom. The fourth-order valence-corrected chi connectivity index (χ4v) is 3.04. The summed E-state index contributed by atoms with van der Waals surface area (Å²) >= 11 is 0. The minimum Gasteiger partial charge on any atom is -0.496 e. The Bertz CT molecular complexity index is 1110. The van der Waals surface area contributed by atoms with E-state index in [0.717, 1.165) is 5.69 Å². The van der Waals surface area contributed by atoms with E-state index in [4.69, 9.17) is 23.7 Å². The van der Waals surface area contributed by atoms with Gasteiger partial charge in [0.2, 0.25) is 5.69 Å². The molecule has 0 spiro atoms. The lowest BCUT2D eigenvalue weighted by Crippen LogP contribution is -2.28. The van der Waals surface area contributed by atoms with Gasteiger partial charge in [0.05, 0.1) is 40.3 Å². The third kappa shape index (κ3) is 5.53. The predicted octanol–water partition coefficient (Wildman–Crippen LogP) is 2.38. The normalized spacial score (nSPS) is 10.3. The summed E-state index contributed by atoms with van der Waals surface area (Å²) in [5.74, 6) is 0.472. The number of aromatic nitrogens is 2. The van der Waals surface area contributed by atoms with Crippen LogP contribution in [0.25, 0.3) is 5.69 Å². The fourth-order valence-electron chi connectivity index (χ4n) is 3.04. The van der Waals surface area contributed by atoms with Crippen LogP contribution in [-0.2, 0) is 16.1 Å². The average Bonchev–Trinajstić information content (AvgIpc) is 3.30. The minimum atomic E-state index is -0.777. The standard InChI is InChI=1S/C23H25N3O7/c1-29-17-11-19(31-3)18(30-2)10-15(17)12-24-21(27)14-33-23(28)22-20(32-4)13-26(25-22)16-8-6-5-7-9-16/h5-11,13H,12,14H2,1-4H3,(H,24,27). The second-order valence-corrected chi connectivity index (χ2v) is 6.70. The van der Waals surface area contributed by atoms with E-state index in [9.17, 15) is 9.59 Å². The van der Waals surface area contributed by atoms with Gasteiger partial charge in [-0.05, 0) is 18.2 Å². The van der Waals surface area contributed by atoms with Crippen LogP contribution in [0, 0.1) is 0 Å². The maximum atomic E-state index is 12.5. The Morgan fingerprint density at radius 1 is 0.879 bits per heavy atom. The molecule has 0 saturated heterocycles. The zero-order chi connectivity index (χ0) is 23.8. The lowest BCUT2D eigenvalue weighted by Gasteiger charge is -2.14. The third-order valence-electron chi connectivity index (χ3n) is 4.71. The van der Waals surface area contributed by atoms with Crippen molar-refractivity contribution in [1.29, 1.82) is 0 Å². The summed E-state index contributed by atoms with van der Waals surface area (Å²) in [7, 11) is 5.97. The Morgan fingerprint density at radius 3 is 2.15 bits per heavy atom. The van der Waals surface area contributed by atoms with Gasteiger partial charge in [0, 0.05) is 18.2 Å². The predicted molar refractivity (Wildman–Crippen MR) is 118 cm³/mol. The first kappa shape index (κ1) is 23.5. The Hall–Kier alpha value is -4.21. The van der Waals surface area contributed by atoms with Crippen LogP contribution in [0.2, 0.25) is 0 Å². The highest BCUT2D eigenvalue weighted by Crippen LogP contribution is 2.34. The SMILES string of the molecule is COc1cc(OC)c(OC)cc1CNC(=O)COC(=O)c1nn(-c2ccccc2)cc1OC. The maximum absolute atomic E-state index is 12.5. The van der Waals surface area contributed by atoms with Gasteiger partial charge >= 0.3 is 5.97 Å². The van der Waals surface area contributed by atoms with Crippen LogP contribution in [0.15, 0.2) is 48.7 Å². The lowest BCUT2D eigenvalue weighted by atomic mass is 10.1. The van der Waals surface area contributed by atoms with Gasteiger partial charge in [-0.25, -0.2) is 9.48 Å². The largest absolute Gasteiger partial charge is 0.496 e. The molecule has 0 aliphatic rings. The van der Waals surface area contributed by atoms with Gasteiger partial charge in [-0.3, -0.25) is 4.79 Å². The number of carbonyl (C=O) groups excluding carboxylic acids is 2. The van der Waals surface area contributed by atoms with Crippen molar-refractivity contribution in [3.8, 4) is 28.7 Å². The average molecular weight is 455 g/mol. The Kier molecular flexibility index (Phi) is 7.74. The molecule has 1 amide bonds. The molecule has 0 saturated carbocycles.